The Morgan fingerprint density at radius 2 is 1.72 bits per heavy atom. The number of nitrogens with zero attached hydrogens (tertiary/aromatic N) is 1. The number of carbonyl (C=O) groups excluding carboxylic acids is 3. The van der Waals surface area contributed by atoms with Crippen molar-refractivity contribution in [2.45, 2.75) is 51.4 Å². The summed E-state index contributed by atoms with van der Waals surface area (Å²) in [5, 5.41) is 0. The van der Waals surface area contributed by atoms with E-state index in [2.05, 4.69) is 11.4 Å². The lowest BCUT2D eigenvalue weighted by atomic mass is 9.96. The van der Waals surface area contributed by atoms with Gasteiger partial charge in [-0.05, 0) is 0 Å². The van der Waals surface area contributed by atoms with E-state index in [-0.39, 0.29) is 13.2 Å². The summed E-state index contributed by atoms with van der Waals surface area (Å²) in [5.41, 5.74) is 0. The van der Waals surface area contributed by atoms with Gasteiger partial charge < -0.3 is 28.5 Å². The van der Waals surface area contributed by atoms with Crippen LogP contribution in [-0.2, 0) is 38.1 Å². The van der Waals surface area contributed by atoms with Gasteiger partial charge in [-0.25, -0.2) is 6.57 Å². The van der Waals surface area contributed by atoms with Crippen LogP contribution < -0.4 is 0 Å². The van der Waals surface area contributed by atoms with Gasteiger partial charge in [0.15, 0.2) is 6.10 Å². The first kappa shape index (κ1) is 20.6. The molecule has 9 nitrogen and oxygen atoms in total. The van der Waals surface area contributed by atoms with Crippen molar-refractivity contribution < 1.29 is 38.1 Å². The number of rotatable bonds is 7. The summed E-state index contributed by atoms with van der Waals surface area (Å²) in [6.07, 6.45) is -2.84. The Bertz CT molecular complexity index is 555. The molecule has 0 aromatic heterocycles. The van der Waals surface area contributed by atoms with Crippen LogP contribution in [-0.4, -0.2) is 61.8 Å². The highest BCUT2D eigenvalue weighted by molar-refractivity contribution is 5.68. The van der Waals surface area contributed by atoms with E-state index in [1.54, 1.807) is 0 Å². The molecule has 138 valence electrons. The Morgan fingerprint density at radius 1 is 1.12 bits per heavy atom. The Hall–Kier alpha value is -2.44. The van der Waals surface area contributed by atoms with E-state index in [0.29, 0.717) is 0 Å². The van der Waals surface area contributed by atoms with Crippen LogP contribution in [0.4, 0.5) is 0 Å². The van der Waals surface area contributed by atoms with Gasteiger partial charge >= 0.3 is 23.9 Å². The molecule has 0 spiro atoms. The second-order valence-corrected chi connectivity index (χ2v) is 5.24. The van der Waals surface area contributed by atoms with Crippen molar-refractivity contribution in [3.8, 4) is 0 Å². The molecule has 1 aliphatic heterocycles. The molecule has 0 aromatic rings. The maximum atomic E-state index is 11.4. The Balaban J connectivity index is 3.15. The SMILES string of the molecule is [C-]#[N+][C@H]1[C@H](OCC=C)O[C@H](COC(C)=O)[C@@H](OC(C)=O)[C@@H]1OC(C)=O. The maximum Gasteiger partial charge on any atom is 0.313 e. The van der Waals surface area contributed by atoms with Crippen LogP contribution >= 0.6 is 0 Å². The van der Waals surface area contributed by atoms with Crippen molar-refractivity contribution in [2.24, 2.45) is 0 Å². The summed E-state index contributed by atoms with van der Waals surface area (Å²) < 4.78 is 26.4. The van der Waals surface area contributed by atoms with Gasteiger partial charge in [0.2, 0.25) is 12.4 Å². The summed E-state index contributed by atoms with van der Waals surface area (Å²) >= 11 is 0. The Kier molecular flexibility index (Phi) is 8.04. The molecular formula is C16H21NO8. The summed E-state index contributed by atoms with van der Waals surface area (Å²) in [4.78, 5) is 37.4. The maximum absolute atomic E-state index is 11.4. The van der Waals surface area contributed by atoms with E-state index >= 15 is 0 Å². The molecule has 1 saturated heterocycles. The molecule has 25 heavy (non-hydrogen) atoms. The molecule has 1 heterocycles. The predicted octanol–water partition coefficient (Wildman–Crippen LogP) is 0.628. The molecule has 0 aromatic carbocycles. The largest absolute Gasteiger partial charge is 0.463 e. The van der Waals surface area contributed by atoms with Gasteiger partial charge in [-0.15, -0.1) is 6.58 Å². The van der Waals surface area contributed by atoms with Gasteiger partial charge in [0.05, 0.1) is 6.61 Å². The zero-order valence-corrected chi connectivity index (χ0v) is 14.3. The van der Waals surface area contributed by atoms with Crippen molar-refractivity contribution in [1.29, 1.82) is 0 Å². The van der Waals surface area contributed by atoms with E-state index in [9.17, 15) is 14.4 Å². The lowest BCUT2D eigenvalue weighted by molar-refractivity contribution is -0.266. The van der Waals surface area contributed by atoms with E-state index in [0.717, 1.165) is 0 Å². The molecule has 1 aliphatic rings. The van der Waals surface area contributed by atoms with Gasteiger partial charge in [-0.3, -0.25) is 14.4 Å². The van der Waals surface area contributed by atoms with Gasteiger partial charge in [0.1, 0.15) is 12.7 Å². The summed E-state index contributed by atoms with van der Waals surface area (Å²) in [6.45, 7) is 14.3. The third-order valence-corrected chi connectivity index (χ3v) is 3.20. The van der Waals surface area contributed by atoms with Crippen LogP contribution in [0.15, 0.2) is 12.7 Å². The Morgan fingerprint density at radius 3 is 2.20 bits per heavy atom. The third-order valence-electron chi connectivity index (χ3n) is 3.20. The van der Waals surface area contributed by atoms with Crippen LogP contribution in [0.25, 0.3) is 4.85 Å². The predicted molar refractivity (Wildman–Crippen MR) is 82.9 cm³/mol. The molecule has 5 atom stereocenters. The number of hydrogen-bond donors (Lipinski definition) is 0. The number of ether oxygens (including phenoxy) is 5. The zero-order valence-electron chi connectivity index (χ0n) is 14.3. The standard InChI is InChI=1S/C16H21NO8/c1-6-7-21-16-13(17-5)15(24-11(4)20)14(23-10(3)19)12(25-16)8-22-9(2)18/h6,12-16H,1,7-8H2,2-4H3/t12-,13-,14-,15-,16-/m1/s1. The molecule has 0 radical (unpaired) electrons. The molecule has 1 rings (SSSR count). The fourth-order valence-corrected chi connectivity index (χ4v) is 2.32. The molecule has 0 aliphatic carbocycles. The highest BCUT2D eigenvalue weighted by Crippen LogP contribution is 2.29. The van der Waals surface area contributed by atoms with Crippen LogP contribution in [0.1, 0.15) is 20.8 Å². The minimum atomic E-state index is -1.14. The number of hydrogen-bond acceptors (Lipinski definition) is 8. The first-order valence-electron chi connectivity index (χ1n) is 7.52. The monoisotopic (exact) mass is 355 g/mol. The second kappa shape index (κ2) is 9.76. The molecule has 1 fully saturated rings. The molecule has 0 bridgehead atoms. The van der Waals surface area contributed by atoms with E-state index in [1.165, 1.54) is 26.8 Å². The molecule has 0 unspecified atom stereocenters. The number of esters is 3. The van der Waals surface area contributed by atoms with Gasteiger partial charge in [0.25, 0.3) is 0 Å². The normalized spacial score (nSPS) is 28.3. The van der Waals surface area contributed by atoms with Crippen molar-refractivity contribution in [2.75, 3.05) is 13.2 Å². The molecule has 0 amide bonds. The van der Waals surface area contributed by atoms with E-state index < -0.39 is 48.6 Å². The molecule has 9 heteroatoms. The number of carbonyl (C=O) groups is 3. The third kappa shape index (κ3) is 6.17. The fraction of sp³-hybridized carbons (Fsp3) is 0.625. The van der Waals surface area contributed by atoms with E-state index in [1.807, 2.05) is 0 Å². The van der Waals surface area contributed by atoms with Gasteiger partial charge in [0, 0.05) is 20.8 Å². The van der Waals surface area contributed by atoms with Crippen LogP contribution in [0, 0.1) is 6.57 Å². The first-order valence-corrected chi connectivity index (χ1v) is 7.52. The topological polar surface area (TPSA) is 102 Å². The Labute approximate surface area is 145 Å². The summed E-state index contributed by atoms with van der Waals surface area (Å²) in [7, 11) is 0. The van der Waals surface area contributed by atoms with Crippen LogP contribution in [0.3, 0.4) is 0 Å². The quantitative estimate of drug-likeness (QED) is 0.284. The van der Waals surface area contributed by atoms with Crippen molar-refractivity contribution >= 4 is 17.9 Å². The minimum Gasteiger partial charge on any atom is -0.463 e. The molecule has 0 N–H and O–H groups in total. The van der Waals surface area contributed by atoms with Crippen LogP contribution in [0.5, 0.6) is 0 Å². The van der Waals surface area contributed by atoms with E-state index in [4.69, 9.17) is 30.3 Å². The van der Waals surface area contributed by atoms with Gasteiger partial charge in [-0.1, -0.05) is 6.08 Å². The molecule has 0 saturated carbocycles. The zero-order chi connectivity index (χ0) is 19.0. The van der Waals surface area contributed by atoms with Crippen molar-refractivity contribution in [3.05, 3.63) is 24.1 Å². The lowest BCUT2D eigenvalue weighted by Gasteiger charge is -2.39. The van der Waals surface area contributed by atoms with Crippen molar-refractivity contribution in [3.63, 3.8) is 0 Å². The van der Waals surface area contributed by atoms with Crippen molar-refractivity contribution in [1.82, 2.24) is 0 Å². The summed E-state index contributed by atoms with van der Waals surface area (Å²) in [5.74, 6) is -1.88. The lowest BCUT2D eigenvalue weighted by Crippen LogP contribution is -2.60. The molecular weight excluding hydrogens is 334 g/mol. The second-order valence-electron chi connectivity index (χ2n) is 5.24. The average molecular weight is 355 g/mol. The van der Waals surface area contributed by atoms with Crippen LogP contribution in [0.2, 0.25) is 0 Å². The summed E-state index contributed by atoms with van der Waals surface area (Å²) in [6, 6.07) is -1.07. The highest BCUT2D eigenvalue weighted by Gasteiger charge is 2.55. The smallest absolute Gasteiger partial charge is 0.313 e. The fourth-order valence-electron chi connectivity index (χ4n) is 2.32. The minimum absolute atomic E-state index is 0.0853. The highest BCUT2D eigenvalue weighted by atomic mass is 16.7. The van der Waals surface area contributed by atoms with Gasteiger partial charge in [-0.2, -0.15) is 0 Å². The first-order chi connectivity index (χ1) is 11.8. The average Bonchev–Trinajstić information content (AvgIpc) is 2.52.